The van der Waals surface area contributed by atoms with Crippen LogP contribution in [0.4, 0.5) is 14.5 Å². The van der Waals surface area contributed by atoms with E-state index in [0.29, 0.717) is 23.7 Å². The van der Waals surface area contributed by atoms with Crippen molar-refractivity contribution in [2.75, 3.05) is 11.9 Å². The summed E-state index contributed by atoms with van der Waals surface area (Å²) < 4.78 is 40.5. The monoisotopic (exact) mass is 577 g/mol. The third-order valence-electron chi connectivity index (χ3n) is 6.47. The van der Waals surface area contributed by atoms with Crippen molar-refractivity contribution in [3.05, 3.63) is 84.4 Å². The van der Waals surface area contributed by atoms with Gasteiger partial charge in [0.1, 0.15) is 28.5 Å². The summed E-state index contributed by atoms with van der Waals surface area (Å²) in [4.78, 5) is 17.4. The highest BCUT2D eigenvalue weighted by Crippen LogP contribution is 2.39. The van der Waals surface area contributed by atoms with Gasteiger partial charge in [-0.05, 0) is 48.4 Å². The van der Waals surface area contributed by atoms with E-state index < -0.39 is 12.5 Å². The number of hydrogen-bond acceptors (Lipinski definition) is 8. The van der Waals surface area contributed by atoms with Crippen LogP contribution in [-0.2, 0) is 13.6 Å². The van der Waals surface area contributed by atoms with Crippen molar-refractivity contribution in [3.63, 3.8) is 0 Å². The molecule has 42 heavy (non-hydrogen) atoms. The molecule has 0 aliphatic rings. The predicted molar refractivity (Wildman–Crippen MR) is 151 cm³/mol. The number of amides is 1. The molecule has 0 bridgehead atoms. The average molecular weight is 578 g/mol. The number of ether oxygens (including phenoxy) is 2. The lowest BCUT2D eigenvalue weighted by Crippen LogP contribution is -2.31. The average Bonchev–Trinajstić information content (AvgIpc) is 3.57. The first-order valence-corrected chi connectivity index (χ1v) is 13.2. The van der Waals surface area contributed by atoms with Crippen molar-refractivity contribution in [1.29, 1.82) is 0 Å². The SMILES string of the molecule is CCC(CO)NCc1cccc(Oc2ccc(OC(F)F)c(-c3nn(C)cc3NC(=O)c3cnn4cccnc34)c2)c1. The first-order chi connectivity index (χ1) is 20.3. The van der Waals surface area contributed by atoms with E-state index in [1.54, 1.807) is 37.8 Å². The maximum Gasteiger partial charge on any atom is 0.387 e. The molecule has 0 fully saturated rings. The van der Waals surface area contributed by atoms with Gasteiger partial charge in [-0.3, -0.25) is 9.48 Å². The molecule has 3 aromatic heterocycles. The number of fused-ring (bicyclic) bond motifs is 1. The molecule has 0 aliphatic carbocycles. The van der Waals surface area contributed by atoms with Gasteiger partial charge in [0.15, 0.2) is 5.65 Å². The van der Waals surface area contributed by atoms with Gasteiger partial charge >= 0.3 is 6.61 Å². The number of alkyl halides is 2. The number of hydrogen-bond donors (Lipinski definition) is 3. The van der Waals surface area contributed by atoms with Crippen LogP contribution >= 0.6 is 0 Å². The number of aromatic nitrogens is 5. The number of aliphatic hydroxyl groups excluding tert-OH is 1. The van der Waals surface area contributed by atoms with Gasteiger partial charge in [0.2, 0.25) is 0 Å². The molecule has 3 N–H and O–H groups in total. The third kappa shape index (κ3) is 6.53. The number of aliphatic hydroxyl groups is 1. The Kier molecular flexibility index (Phi) is 8.69. The number of halogens is 2. The minimum atomic E-state index is -3.09. The maximum atomic E-state index is 13.4. The summed E-state index contributed by atoms with van der Waals surface area (Å²) in [6, 6.07) is 13.5. The molecule has 5 rings (SSSR count). The van der Waals surface area contributed by atoms with Crippen LogP contribution in [0.3, 0.4) is 0 Å². The summed E-state index contributed by atoms with van der Waals surface area (Å²) in [6.07, 6.45) is 6.94. The number of aryl methyl sites for hydroxylation is 1. The maximum absolute atomic E-state index is 13.4. The van der Waals surface area contributed by atoms with E-state index in [4.69, 9.17) is 9.47 Å². The number of rotatable bonds is 12. The molecule has 0 spiro atoms. The molecular weight excluding hydrogens is 548 g/mol. The van der Waals surface area contributed by atoms with Crippen LogP contribution in [0.5, 0.6) is 17.2 Å². The molecular formula is C29H29F2N7O4. The Morgan fingerprint density at radius 1 is 1.14 bits per heavy atom. The van der Waals surface area contributed by atoms with Gasteiger partial charge in [-0.15, -0.1) is 0 Å². The van der Waals surface area contributed by atoms with Gasteiger partial charge in [0.05, 0.1) is 24.1 Å². The Morgan fingerprint density at radius 2 is 1.98 bits per heavy atom. The second-order valence-corrected chi connectivity index (χ2v) is 9.42. The summed E-state index contributed by atoms with van der Waals surface area (Å²) in [5.41, 5.74) is 2.17. The van der Waals surface area contributed by atoms with E-state index >= 15 is 0 Å². The Labute approximate surface area is 239 Å². The molecule has 1 atom stereocenters. The summed E-state index contributed by atoms with van der Waals surface area (Å²) >= 11 is 0. The summed E-state index contributed by atoms with van der Waals surface area (Å²) in [7, 11) is 1.64. The van der Waals surface area contributed by atoms with E-state index in [0.717, 1.165) is 12.0 Å². The van der Waals surface area contributed by atoms with Crippen LogP contribution in [-0.4, -0.2) is 54.7 Å². The summed E-state index contributed by atoms with van der Waals surface area (Å²) in [5, 5.41) is 24.1. The van der Waals surface area contributed by atoms with Gasteiger partial charge in [0.25, 0.3) is 5.91 Å². The minimum absolute atomic E-state index is 0.0170. The second-order valence-electron chi connectivity index (χ2n) is 9.42. The van der Waals surface area contributed by atoms with Crippen molar-refractivity contribution in [1.82, 2.24) is 29.7 Å². The first kappa shape index (κ1) is 28.6. The van der Waals surface area contributed by atoms with E-state index in [1.165, 1.54) is 33.6 Å². The standard InChI is InChI=1S/C29H29F2N7O4/c1-3-19(17-39)33-14-18-6-4-7-20(12-18)41-21-8-9-25(42-29(30)31)22(13-21)26-24(16-37(2)36-26)35-28(40)23-15-34-38-11-5-10-32-27(23)38/h4-13,15-16,19,29,33,39H,3,14,17H2,1-2H3,(H,35,40). The molecule has 0 radical (unpaired) electrons. The lowest BCUT2D eigenvalue weighted by atomic mass is 10.1. The molecule has 1 unspecified atom stereocenters. The highest BCUT2D eigenvalue weighted by Gasteiger charge is 2.22. The molecule has 218 valence electrons. The zero-order chi connectivity index (χ0) is 29.6. The van der Waals surface area contributed by atoms with Crippen molar-refractivity contribution in [3.8, 4) is 28.5 Å². The topological polar surface area (TPSA) is 128 Å². The van der Waals surface area contributed by atoms with Gasteiger partial charge in [-0.25, -0.2) is 9.50 Å². The zero-order valence-electron chi connectivity index (χ0n) is 22.9. The molecule has 2 aromatic carbocycles. The number of nitrogens with zero attached hydrogens (tertiary/aromatic N) is 5. The number of anilines is 1. The van der Waals surface area contributed by atoms with Crippen molar-refractivity contribution >= 4 is 17.2 Å². The highest BCUT2D eigenvalue weighted by molar-refractivity contribution is 6.09. The highest BCUT2D eigenvalue weighted by atomic mass is 19.3. The van der Waals surface area contributed by atoms with Gasteiger partial charge < -0.3 is 25.2 Å². The third-order valence-corrected chi connectivity index (χ3v) is 6.47. The number of benzene rings is 2. The van der Waals surface area contributed by atoms with E-state index in [2.05, 4.69) is 25.8 Å². The van der Waals surface area contributed by atoms with Gasteiger partial charge in [0, 0.05) is 38.2 Å². The van der Waals surface area contributed by atoms with Crippen molar-refractivity contribution < 1.29 is 28.2 Å². The number of nitrogens with one attached hydrogen (secondary N) is 2. The molecule has 13 heteroatoms. The van der Waals surface area contributed by atoms with Crippen molar-refractivity contribution in [2.45, 2.75) is 32.5 Å². The van der Waals surface area contributed by atoms with Crippen LogP contribution in [0.25, 0.3) is 16.9 Å². The Balaban J connectivity index is 1.44. The predicted octanol–water partition coefficient (Wildman–Crippen LogP) is 4.64. The second kappa shape index (κ2) is 12.7. The molecule has 0 aliphatic heterocycles. The van der Waals surface area contributed by atoms with E-state index in [9.17, 15) is 18.7 Å². The minimum Gasteiger partial charge on any atom is -0.457 e. The van der Waals surface area contributed by atoms with Crippen LogP contribution < -0.4 is 20.1 Å². The summed E-state index contributed by atoms with van der Waals surface area (Å²) in [5.74, 6) is 0.221. The molecule has 5 aromatic rings. The fourth-order valence-electron chi connectivity index (χ4n) is 4.37. The largest absolute Gasteiger partial charge is 0.457 e. The Bertz CT molecular complexity index is 1680. The van der Waals surface area contributed by atoms with E-state index in [-0.39, 0.29) is 40.9 Å². The molecule has 3 heterocycles. The van der Waals surface area contributed by atoms with Crippen LogP contribution in [0.2, 0.25) is 0 Å². The Hall–Kier alpha value is -4.88. The zero-order valence-corrected chi connectivity index (χ0v) is 22.9. The molecule has 0 saturated carbocycles. The molecule has 11 nitrogen and oxygen atoms in total. The van der Waals surface area contributed by atoms with Gasteiger partial charge in [-0.1, -0.05) is 19.1 Å². The van der Waals surface area contributed by atoms with Gasteiger partial charge in [-0.2, -0.15) is 19.0 Å². The quantitative estimate of drug-likeness (QED) is 0.196. The normalized spacial score (nSPS) is 12.0. The first-order valence-electron chi connectivity index (χ1n) is 13.2. The molecule has 1 amide bonds. The number of carbonyl (C=O) groups excluding carboxylic acids is 1. The summed E-state index contributed by atoms with van der Waals surface area (Å²) in [6.45, 7) is -0.532. The fraction of sp³-hybridized carbons (Fsp3) is 0.241. The van der Waals surface area contributed by atoms with Crippen LogP contribution in [0, 0.1) is 0 Å². The fourth-order valence-corrected chi connectivity index (χ4v) is 4.37. The lowest BCUT2D eigenvalue weighted by Gasteiger charge is -2.15. The van der Waals surface area contributed by atoms with Crippen LogP contribution in [0.1, 0.15) is 29.3 Å². The van der Waals surface area contributed by atoms with Crippen molar-refractivity contribution in [2.24, 2.45) is 7.05 Å². The number of carbonyl (C=O) groups is 1. The molecule has 0 saturated heterocycles. The lowest BCUT2D eigenvalue weighted by molar-refractivity contribution is -0.0494. The smallest absolute Gasteiger partial charge is 0.387 e. The Morgan fingerprint density at radius 3 is 2.76 bits per heavy atom. The van der Waals surface area contributed by atoms with Crippen LogP contribution in [0.15, 0.2) is 73.3 Å². The van der Waals surface area contributed by atoms with E-state index in [1.807, 2.05) is 25.1 Å².